The van der Waals surface area contributed by atoms with Crippen LogP contribution in [0.4, 0.5) is 4.39 Å². The second kappa shape index (κ2) is 6.58. The van der Waals surface area contributed by atoms with Crippen molar-refractivity contribution < 1.29 is 4.39 Å². The molecule has 2 rings (SSSR count). The second-order valence-corrected chi connectivity index (χ2v) is 6.04. The Hall–Kier alpha value is -0.540. The summed E-state index contributed by atoms with van der Waals surface area (Å²) < 4.78 is 13.8. The summed E-state index contributed by atoms with van der Waals surface area (Å²) in [6.07, 6.45) is 6.90. The molecule has 3 unspecified atom stereocenters. The maximum absolute atomic E-state index is 13.8. The standard InChI is InChI=1S/C15H22FNS/c1-3-13(11-7-4-5-8-12(11)16)17-14-9-6-10-15(14)18-2/h4-5,7-8,13-15,17H,3,6,9-10H2,1-2H3. The van der Waals surface area contributed by atoms with Gasteiger partial charge in [-0.2, -0.15) is 11.8 Å². The van der Waals surface area contributed by atoms with Gasteiger partial charge in [0.15, 0.2) is 0 Å². The molecule has 0 spiro atoms. The molecule has 0 aromatic heterocycles. The minimum atomic E-state index is -0.0875. The minimum Gasteiger partial charge on any atom is -0.306 e. The van der Waals surface area contributed by atoms with Gasteiger partial charge < -0.3 is 5.32 Å². The van der Waals surface area contributed by atoms with Crippen LogP contribution in [0, 0.1) is 5.82 Å². The molecule has 1 aliphatic carbocycles. The van der Waals surface area contributed by atoms with Gasteiger partial charge >= 0.3 is 0 Å². The fraction of sp³-hybridized carbons (Fsp3) is 0.600. The van der Waals surface area contributed by atoms with Gasteiger partial charge in [0.1, 0.15) is 5.82 Å². The summed E-state index contributed by atoms with van der Waals surface area (Å²) in [5.74, 6) is -0.0875. The maximum Gasteiger partial charge on any atom is 0.127 e. The number of hydrogen-bond acceptors (Lipinski definition) is 2. The molecule has 0 aliphatic heterocycles. The van der Waals surface area contributed by atoms with Crippen molar-refractivity contribution >= 4 is 11.8 Å². The summed E-state index contributed by atoms with van der Waals surface area (Å²) in [6, 6.07) is 7.81. The highest BCUT2D eigenvalue weighted by atomic mass is 32.2. The van der Waals surface area contributed by atoms with Crippen LogP contribution in [-0.2, 0) is 0 Å². The Morgan fingerprint density at radius 2 is 2.17 bits per heavy atom. The van der Waals surface area contributed by atoms with Gasteiger partial charge in [0.25, 0.3) is 0 Å². The molecule has 1 N–H and O–H groups in total. The second-order valence-electron chi connectivity index (χ2n) is 4.96. The first-order valence-electron chi connectivity index (χ1n) is 6.79. The van der Waals surface area contributed by atoms with Gasteiger partial charge in [-0.25, -0.2) is 4.39 Å². The van der Waals surface area contributed by atoms with E-state index in [0.717, 1.165) is 12.0 Å². The van der Waals surface area contributed by atoms with Crippen molar-refractivity contribution in [3.8, 4) is 0 Å². The Morgan fingerprint density at radius 1 is 1.39 bits per heavy atom. The molecule has 1 saturated carbocycles. The van der Waals surface area contributed by atoms with Gasteiger partial charge in [-0.15, -0.1) is 0 Å². The van der Waals surface area contributed by atoms with Crippen LogP contribution in [0.5, 0.6) is 0 Å². The third-order valence-electron chi connectivity index (χ3n) is 3.86. The van der Waals surface area contributed by atoms with Gasteiger partial charge in [-0.05, 0) is 31.6 Å². The largest absolute Gasteiger partial charge is 0.306 e. The predicted octanol–water partition coefficient (Wildman–Crippen LogP) is 4.15. The zero-order valence-corrected chi connectivity index (χ0v) is 12.0. The third-order valence-corrected chi connectivity index (χ3v) is 5.03. The van der Waals surface area contributed by atoms with Gasteiger partial charge in [-0.3, -0.25) is 0 Å². The van der Waals surface area contributed by atoms with E-state index in [-0.39, 0.29) is 11.9 Å². The van der Waals surface area contributed by atoms with Crippen LogP contribution < -0.4 is 5.32 Å². The average Bonchev–Trinajstić information content (AvgIpc) is 2.84. The quantitative estimate of drug-likeness (QED) is 0.860. The fourth-order valence-electron chi connectivity index (χ4n) is 2.84. The molecule has 18 heavy (non-hydrogen) atoms. The zero-order chi connectivity index (χ0) is 13.0. The van der Waals surface area contributed by atoms with Crippen molar-refractivity contribution in [2.24, 2.45) is 0 Å². The molecular formula is C15H22FNS. The van der Waals surface area contributed by atoms with Crippen molar-refractivity contribution in [3.05, 3.63) is 35.6 Å². The van der Waals surface area contributed by atoms with Crippen LogP contribution in [-0.4, -0.2) is 17.5 Å². The number of benzene rings is 1. The van der Waals surface area contributed by atoms with Crippen LogP contribution in [0.1, 0.15) is 44.2 Å². The summed E-state index contributed by atoms with van der Waals surface area (Å²) in [5.41, 5.74) is 0.812. The SMILES string of the molecule is CCC(NC1CCCC1SC)c1ccccc1F. The Kier molecular flexibility index (Phi) is 5.07. The molecule has 0 heterocycles. The molecule has 0 bridgehead atoms. The van der Waals surface area contributed by atoms with E-state index in [1.807, 2.05) is 23.9 Å². The van der Waals surface area contributed by atoms with Crippen LogP contribution in [0.2, 0.25) is 0 Å². The lowest BCUT2D eigenvalue weighted by molar-refractivity contribution is 0.422. The molecular weight excluding hydrogens is 245 g/mol. The van der Waals surface area contributed by atoms with E-state index in [1.165, 1.54) is 19.3 Å². The molecule has 1 aromatic rings. The maximum atomic E-state index is 13.8. The molecule has 1 fully saturated rings. The van der Waals surface area contributed by atoms with E-state index in [9.17, 15) is 4.39 Å². The Labute approximate surface area is 114 Å². The lowest BCUT2D eigenvalue weighted by Gasteiger charge is -2.26. The van der Waals surface area contributed by atoms with Crippen molar-refractivity contribution in [3.63, 3.8) is 0 Å². The van der Waals surface area contributed by atoms with Crippen molar-refractivity contribution in [2.45, 2.75) is 49.9 Å². The summed E-state index contributed by atoms with van der Waals surface area (Å²) in [4.78, 5) is 0. The summed E-state index contributed by atoms with van der Waals surface area (Å²) in [6.45, 7) is 2.12. The number of halogens is 1. The number of nitrogens with one attached hydrogen (secondary N) is 1. The highest BCUT2D eigenvalue weighted by Crippen LogP contribution is 2.31. The Balaban J connectivity index is 2.08. The third kappa shape index (κ3) is 3.07. The molecule has 1 nitrogen and oxygen atoms in total. The first-order chi connectivity index (χ1) is 8.76. The summed E-state index contributed by atoms with van der Waals surface area (Å²) in [5, 5.41) is 4.35. The Bertz CT molecular complexity index is 383. The zero-order valence-electron chi connectivity index (χ0n) is 11.2. The topological polar surface area (TPSA) is 12.0 Å². The van der Waals surface area contributed by atoms with Crippen LogP contribution in [0.3, 0.4) is 0 Å². The molecule has 1 aliphatic rings. The molecule has 1 aromatic carbocycles. The normalized spacial score (nSPS) is 25.3. The molecule has 0 amide bonds. The summed E-state index contributed by atoms with van der Waals surface area (Å²) in [7, 11) is 0. The number of hydrogen-bond donors (Lipinski definition) is 1. The molecule has 3 atom stereocenters. The van der Waals surface area contributed by atoms with Gasteiger partial charge in [-0.1, -0.05) is 31.5 Å². The van der Waals surface area contributed by atoms with Gasteiger partial charge in [0, 0.05) is 22.9 Å². The monoisotopic (exact) mass is 267 g/mol. The van der Waals surface area contributed by atoms with E-state index in [2.05, 4.69) is 18.5 Å². The van der Waals surface area contributed by atoms with Gasteiger partial charge in [0.05, 0.1) is 0 Å². The first-order valence-corrected chi connectivity index (χ1v) is 8.08. The fourth-order valence-corrected chi connectivity index (χ4v) is 3.79. The van der Waals surface area contributed by atoms with Crippen LogP contribution in [0.15, 0.2) is 24.3 Å². The minimum absolute atomic E-state index is 0.0875. The van der Waals surface area contributed by atoms with Crippen molar-refractivity contribution in [2.75, 3.05) is 6.26 Å². The van der Waals surface area contributed by atoms with E-state index in [0.29, 0.717) is 11.3 Å². The predicted molar refractivity (Wildman–Crippen MR) is 77.5 cm³/mol. The molecule has 0 radical (unpaired) electrons. The molecule has 100 valence electrons. The van der Waals surface area contributed by atoms with Crippen LogP contribution in [0.25, 0.3) is 0 Å². The highest BCUT2D eigenvalue weighted by molar-refractivity contribution is 7.99. The average molecular weight is 267 g/mol. The number of thioether (sulfide) groups is 1. The van der Waals surface area contributed by atoms with Crippen molar-refractivity contribution in [1.82, 2.24) is 5.32 Å². The molecule has 0 saturated heterocycles. The highest BCUT2D eigenvalue weighted by Gasteiger charge is 2.28. The van der Waals surface area contributed by atoms with E-state index in [1.54, 1.807) is 12.1 Å². The Morgan fingerprint density at radius 3 is 2.83 bits per heavy atom. The number of rotatable bonds is 5. The summed E-state index contributed by atoms with van der Waals surface area (Å²) >= 11 is 1.94. The van der Waals surface area contributed by atoms with Gasteiger partial charge in [0.2, 0.25) is 0 Å². The van der Waals surface area contributed by atoms with E-state index >= 15 is 0 Å². The smallest absolute Gasteiger partial charge is 0.127 e. The molecule has 3 heteroatoms. The van der Waals surface area contributed by atoms with E-state index in [4.69, 9.17) is 0 Å². The van der Waals surface area contributed by atoms with Crippen LogP contribution >= 0.6 is 11.8 Å². The lowest BCUT2D eigenvalue weighted by atomic mass is 10.0. The lowest BCUT2D eigenvalue weighted by Crippen LogP contribution is -2.37. The van der Waals surface area contributed by atoms with Crippen molar-refractivity contribution in [1.29, 1.82) is 0 Å². The van der Waals surface area contributed by atoms with E-state index < -0.39 is 0 Å². The first kappa shape index (κ1) is 13.9.